The summed E-state index contributed by atoms with van der Waals surface area (Å²) in [5.74, 6) is 1.20. The summed E-state index contributed by atoms with van der Waals surface area (Å²) in [4.78, 5) is 15.6. The molecule has 0 saturated carbocycles. The first kappa shape index (κ1) is 35.2. The average Bonchev–Trinajstić information content (AvgIpc) is 3.39. The highest BCUT2D eigenvalue weighted by atomic mass is 79.9. The van der Waals surface area contributed by atoms with Gasteiger partial charge in [-0.2, -0.15) is 10.2 Å². The summed E-state index contributed by atoms with van der Waals surface area (Å²) in [5.41, 5.74) is 7.19. The van der Waals surface area contributed by atoms with Crippen LogP contribution in [0.25, 0.3) is 10.1 Å². The Kier molecular flexibility index (Phi) is 13.8. The first-order valence-electron chi connectivity index (χ1n) is 14.4. The number of carbonyl (C=O) groups is 1. The normalized spacial score (nSPS) is 12.3. The number of hydrogen-bond donors (Lipinski definition) is 1. The smallest absolute Gasteiger partial charge is 0.216 e. The second-order valence-corrected chi connectivity index (χ2v) is 13.0. The van der Waals surface area contributed by atoms with Crippen molar-refractivity contribution in [1.29, 1.82) is 0 Å². The number of fused-ring (bicyclic) bond motifs is 1. The Morgan fingerprint density at radius 2 is 1.75 bits per heavy atom. The van der Waals surface area contributed by atoms with E-state index in [1.807, 2.05) is 56.3 Å². The van der Waals surface area contributed by atoms with E-state index in [1.165, 1.54) is 15.6 Å². The van der Waals surface area contributed by atoms with Crippen molar-refractivity contribution in [2.24, 2.45) is 21.1 Å². The Morgan fingerprint density at radius 3 is 2.41 bits per heavy atom. The fourth-order valence-electron chi connectivity index (χ4n) is 4.05. The minimum Gasteiger partial charge on any atom is -0.497 e. The van der Waals surface area contributed by atoms with Gasteiger partial charge < -0.3 is 10.1 Å². The zero-order chi connectivity index (χ0) is 32.2. The van der Waals surface area contributed by atoms with E-state index in [1.54, 1.807) is 25.4 Å². The van der Waals surface area contributed by atoms with Crippen LogP contribution in [0.1, 0.15) is 56.9 Å². The number of aliphatic imine (C=N–C) groups is 1. The van der Waals surface area contributed by atoms with Crippen molar-refractivity contribution in [2.75, 3.05) is 20.2 Å². The van der Waals surface area contributed by atoms with Crippen molar-refractivity contribution in [1.82, 2.24) is 5.32 Å². The molecule has 4 aromatic rings. The van der Waals surface area contributed by atoms with Crippen LogP contribution in [0.5, 0.6) is 5.75 Å². The summed E-state index contributed by atoms with van der Waals surface area (Å²) in [6, 6.07) is 20.0. The lowest BCUT2D eigenvalue weighted by molar-refractivity contribution is -0.118. The number of nitrogens with zero attached hydrogens (tertiary/aromatic N) is 3. The Labute approximate surface area is 278 Å². The predicted octanol–water partition coefficient (Wildman–Crippen LogP) is 9.33. The molecule has 0 fully saturated rings. The zero-order valence-corrected chi connectivity index (χ0v) is 29.5. The van der Waals surface area contributed by atoms with Crippen LogP contribution in [0.3, 0.4) is 0 Å². The summed E-state index contributed by atoms with van der Waals surface area (Å²) < 4.78 is 7.80. The second kappa shape index (κ2) is 17.2. The van der Waals surface area contributed by atoms with Gasteiger partial charge in [-0.15, -0.1) is 11.3 Å². The minimum absolute atomic E-state index is 0.0299. The van der Waals surface area contributed by atoms with Gasteiger partial charge in [-0.25, -0.2) is 0 Å². The lowest BCUT2D eigenvalue weighted by atomic mass is 9.97. The molecule has 1 heterocycles. The topological polar surface area (TPSA) is 75.4 Å². The maximum atomic E-state index is 10.8. The van der Waals surface area contributed by atoms with E-state index in [-0.39, 0.29) is 5.91 Å². The molecule has 0 radical (unpaired) electrons. The summed E-state index contributed by atoms with van der Waals surface area (Å²) >= 11 is 11.3. The maximum Gasteiger partial charge on any atom is 0.216 e. The molecule has 1 amide bonds. The standard InChI is InChI=1S/C23H28ClN3O.C12H12BrNOS/c1-15(2)18(5)27-26-17(4)14-25-23(19-8-10-20(24)11-9-19)22-13-21(28-6)12-7-16(22)3;1-8(15)14-5-4-9-7-16-12-6-10(13)2-3-11(9)12/h7-13,15H,14H2,1-6H3;2-3,6-7H,4-5H2,1H3,(H,14,15)/b25-23?,26-17+,27-18-;. The van der Waals surface area contributed by atoms with Gasteiger partial charge >= 0.3 is 0 Å². The minimum atomic E-state index is 0.0299. The molecule has 0 aliphatic carbocycles. The first-order chi connectivity index (χ1) is 21.0. The van der Waals surface area contributed by atoms with Gasteiger partial charge in [0.1, 0.15) is 5.75 Å². The molecule has 0 saturated heterocycles. The average molecular weight is 696 g/mol. The molecular weight excluding hydrogens is 656 g/mol. The van der Waals surface area contributed by atoms with Crippen LogP contribution in [0.4, 0.5) is 0 Å². The Balaban J connectivity index is 0.000000278. The van der Waals surface area contributed by atoms with E-state index in [2.05, 4.69) is 75.8 Å². The third kappa shape index (κ3) is 10.7. The van der Waals surface area contributed by atoms with Gasteiger partial charge in [-0.05, 0) is 91.4 Å². The number of methoxy groups -OCH3 is 1. The van der Waals surface area contributed by atoms with E-state index in [0.29, 0.717) is 24.0 Å². The highest BCUT2D eigenvalue weighted by molar-refractivity contribution is 9.10. The SMILES string of the molecule is CC(=O)NCCc1csc2cc(Br)ccc12.COc1ccc(C)c(C(=NC/C(C)=N/N=C(/C)C(C)C)c2ccc(Cl)cc2)c1. The molecule has 232 valence electrons. The van der Waals surface area contributed by atoms with Crippen LogP contribution in [0.2, 0.25) is 5.02 Å². The lowest BCUT2D eigenvalue weighted by Crippen LogP contribution is -2.22. The molecule has 44 heavy (non-hydrogen) atoms. The summed E-state index contributed by atoms with van der Waals surface area (Å²) in [6.45, 7) is 12.9. The van der Waals surface area contributed by atoms with Gasteiger partial charge in [0.05, 0.1) is 25.1 Å². The van der Waals surface area contributed by atoms with Crippen molar-refractivity contribution in [2.45, 2.75) is 48.0 Å². The summed E-state index contributed by atoms with van der Waals surface area (Å²) in [7, 11) is 1.67. The number of amides is 1. The molecule has 4 rings (SSSR count). The Bertz CT molecular complexity index is 1660. The highest BCUT2D eigenvalue weighted by Gasteiger charge is 2.12. The molecule has 3 aromatic carbocycles. The number of ether oxygens (including phenoxy) is 1. The van der Waals surface area contributed by atoms with Crippen LogP contribution in [0, 0.1) is 12.8 Å². The van der Waals surface area contributed by atoms with Gasteiger partial charge in [-0.3, -0.25) is 9.79 Å². The third-order valence-electron chi connectivity index (χ3n) is 6.88. The van der Waals surface area contributed by atoms with Gasteiger partial charge in [0.15, 0.2) is 0 Å². The largest absolute Gasteiger partial charge is 0.497 e. The molecule has 0 aliphatic heterocycles. The van der Waals surface area contributed by atoms with Crippen molar-refractivity contribution in [3.63, 3.8) is 0 Å². The third-order valence-corrected chi connectivity index (χ3v) is 8.62. The number of thiophene rings is 1. The highest BCUT2D eigenvalue weighted by Crippen LogP contribution is 2.29. The number of carbonyl (C=O) groups excluding carboxylic acids is 1. The molecule has 0 spiro atoms. The van der Waals surface area contributed by atoms with Gasteiger partial charge in [0, 0.05) is 44.5 Å². The summed E-state index contributed by atoms with van der Waals surface area (Å²) in [6.07, 6.45) is 0.890. The van der Waals surface area contributed by atoms with Gasteiger partial charge in [0.2, 0.25) is 5.91 Å². The van der Waals surface area contributed by atoms with Gasteiger partial charge in [0.25, 0.3) is 0 Å². The Morgan fingerprint density at radius 1 is 1.02 bits per heavy atom. The monoisotopic (exact) mass is 694 g/mol. The second-order valence-electron chi connectivity index (χ2n) is 10.7. The van der Waals surface area contributed by atoms with Crippen LogP contribution >= 0.6 is 38.9 Å². The lowest BCUT2D eigenvalue weighted by Gasteiger charge is -2.12. The summed E-state index contributed by atoms with van der Waals surface area (Å²) in [5, 5.41) is 15.6. The predicted molar refractivity (Wildman–Crippen MR) is 193 cm³/mol. The molecule has 1 N–H and O–H groups in total. The molecule has 1 aromatic heterocycles. The Hall–Kier alpha value is -3.33. The fraction of sp³-hybridized carbons (Fsp3) is 0.314. The van der Waals surface area contributed by atoms with Crippen LogP contribution in [0.15, 0.2) is 85.7 Å². The number of nitrogens with one attached hydrogen (secondary N) is 1. The van der Waals surface area contributed by atoms with Crippen molar-refractivity contribution >= 4 is 72.0 Å². The number of halogens is 2. The number of rotatable bonds is 10. The molecular formula is C35H40BrClN4O2S. The van der Waals surface area contributed by atoms with E-state index >= 15 is 0 Å². The molecule has 9 heteroatoms. The number of hydrogen-bond acceptors (Lipinski definition) is 6. The van der Waals surface area contributed by atoms with Crippen molar-refractivity contribution in [3.05, 3.63) is 97.8 Å². The van der Waals surface area contributed by atoms with E-state index in [4.69, 9.17) is 21.3 Å². The fourth-order valence-corrected chi connectivity index (χ4v) is 5.73. The zero-order valence-electron chi connectivity index (χ0n) is 26.4. The molecule has 0 aliphatic rings. The first-order valence-corrected chi connectivity index (χ1v) is 16.5. The van der Waals surface area contributed by atoms with Crippen LogP contribution in [-0.2, 0) is 11.2 Å². The van der Waals surface area contributed by atoms with Gasteiger partial charge in [-0.1, -0.05) is 65.6 Å². The molecule has 0 bridgehead atoms. The van der Waals surface area contributed by atoms with Crippen LogP contribution < -0.4 is 10.1 Å². The molecule has 6 nitrogen and oxygen atoms in total. The van der Waals surface area contributed by atoms with Crippen molar-refractivity contribution in [3.8, 4) is 5.75 Å². The quantitative estimate of drug-likeness (QED) is 0.133. The number of aryl methyl sites for hydroxylation is 1. The number of benzene rings is 3. The van der Waals surface area contributed by atoms with E-state index in [9.17, 15) is 4.79 Å². The van der Waals surface area contributed by atoms with Crippen LogP contribution in [-0.4, -0.2) is 43.2 Å². The molecule has 0 unspecified atom stereocenters. The van der Waals surface area contributed by atoms with E-state index < -0.39 is 0 Å². The molecule has 0 atom stereocenters. The van der Waals surface area contributed by atoms with Crippen molar-refractivity contribution < 1.29 is 9.53 Å². The maximum absolute atomic E-state index is 10.8. The van der Waals surface area contributed by atoms with E-state index in [0.717, 1.165) is 50.5 Å².